The quantitative estimate of drug-likeness (QED) is 0.737. The molecule has 0 radical (unpaired) electrons. The summed E-state index contributed by atoms with van der Waals surface area (Å²) in [6.45, 7) is 3.43. The Kier molecular flexibility index (Phi) is 3.48. The van der Waals surface area contributed by atoms with Crippen LogP contribution in [0.2, 0.25) is 0 Å². The minimum absolute atomic E-state index is 0.126. The smallest absolute Gasteiger partial charge is 0.266 e. The molecule has 2 heterocycles. The maximum absolute atomic E-state index is 11.4. The van der Waals surface area contributed by atoms with E-state index in [0.717, 1.165) is 13.0 Å². The van der Waals surface area contributed by atoms with Crippen LogP contribution in [-0.2, 0) is 0 Å². The molecule has 1 aromatic rings. The summed E-state index contributed by atoms with van der Waals surface area (Å²) < 4.78 is 0.585. The monoisotopic (exact) mass is 335 g/mol. The van der Waals surface area contributed by atoms with Gasteiger partial charge in [0, 0.05) is 13.1 Å². The second-order valence-electron chi connectivity index (χ2n) is 4.15. The molecule has 1 aliphatic heterocycles. The molecule has 0 aromatic carbocycles. The first-order valence-electron chi connectivity index (χ1n) is 5.26. The van der Waals surface area contributed by atoms with Gasteiger partial charge in [-0.1, -0.05) is 6.92 Å². The fourth-order valence-corrected chi connectivity index (χ4v) is 2.47. The van der Waals surface area contributed by atoms with Crippen molar-refractivity contribution in [3.63, 3.8) is 0 Å². The van der Waals surface area contributed by atoms with E-state index in [0.29, 0.717) is 21.9 Å². The van der Waals surface area contributed by atoms with Crippen molar-refractivity contribution in [1.29, 1.82) is 0 Å². The standard InChI is InChI=1S/C10H14IN3O2/c1-6-2-3-14(4-7(6)15)9-8(11)10(16)13-5-12-9/h5-7,15H,2-4H2,1H3,(H,12,13,16). The molecule has 1 saturated heterocycles. The Morgan fingerprint density at radius 3 is 3.12 bits per heavy atom. The first kappa shape index (κ1) is 11.8. The second kappa shape index (κ2) is 4.70. The lowest BCUT2D eigenvalue weighted by molar-refractivity contribution is 0.102. The van der Waals surface area contributed by atoms with Crippen LogP contribution in [0.25, 0.3) is 0 Å². The number of hydrogen-bond acceptors (Lipinski definition) is 4. The summed E-state index contributed by atoms with van der Waals surface area (Å²) in [7, 11) is 0. The number of piperidine rings is 1. The van der Waals surface area contributed by atoms with Gasteiger partial charge in [0.2, 0.25) is 0 Å². The van der Waals surface area contributed by atoms with E-state index in [2.05, 4.69) is 9.97 Å². The van der Waals surface area contributed by atoms with Crippen LogP contribution in [-0.4, -0.2) is 34.3 Å². The molecule has 1 aliphatic rings. The predicted octanol–water partition coefficient (Wildman–Crippen LogP) is 0.582. The lowest BCUT2D eigenvalue weighted by atomic mass is 9.96. The molecule has 0 amide bonds. The number of H-pyrrole nitrogens is 1. The van der Waals surface area contributed by atoms with Crippen LogP contribution in [0.4, 0.5) is 5.82 Å². The number of hydrogen-bond donors (Lipinski definition) is 2. The van der Waals surface area contributed by atoms with Crippen molar-refractivity contribution in [2.24, 2.45) is 5.92 Å². The Bertz CT molecular complexity index is 434. The van der Waals surface area contributed by atoms with E-state index in [1.165, 1.54) is 6.33 Å². The van der Waals surface area contributed by atoms with Crippen LogP contribution in [0.15, 0.2) is 11.1 Å². The van der Waals surface area contributed by atoms with Gasteiger partial charge in [0.1, 0.15) is 9.39 Å². The zero-order chi connectivity index (χ0) is 11.7. The van der Waals surface area contributed by atoms with Crippen LogP contribution in [0.5, 0.6) is 0 Å². The third-order valence-corrected chi connectivity index (χ3v) is 3.97. The van der Waals surface area contributed by atoms with E-state index in [9.17, 15) is 9.90 Å². The maximum Gasteiger partial charge on any atom is 0.266 e. The topological polar surface area (TPSA) is 69.2 Å². The van der Waals surface area contributed by atoms with Gasteiger partial charge in [-0.2, -0.15) is 0 Å². The highest BCUT2D eigenvalue weighted by Crippen LogP contribution is 2.23. The molecule has 0 bridgehead atoms. The molecule has 0 saturated carbocycles. The molecule has 88 valence electrons. The van der Waals surface area contributed by atoms with Crippen LogP contribution in [0, 0.1) is 9.49 Å². The number of nitrogens with zero attached hydrogens (tertiary/aromatic N) is 2. The lowest BCUT2D eigenvalue weighted by Gasteiger charge is -2.35. The molecule has 16 heavy (non-hydrogen) atoms. The fourth-order valence-electron chi connectivity index (χ4n) is 1.84. The van der Waals surface area contributed by atoms with Gasteiger partial charge in [0.05, 0.1) is 12.4 Å². The zero-order valence-electron chi connectivity index (χ0n) is 8.98. The van der Waals surface area contributed by atoms with E-state index in [1.807, 2.05) is 34.4 Å². The van der Waals surface area contributed by atoms with Crippen LogP contribution in [0.3, 0.4) is 0 Å². The average molecular weight is 335 g/mol. The Hall–Kier alpha value is -0.630. The van der Waals surface area contributed by atoms with Gasteiger partial charge < -0.3 is 15.0 Å². The summed E-state index contributed by atoms with van der Waals surface area (Å²) in [5.74, 6) is 0.992. The molecule has 0 spiro atoms. The minimum atomic E-state index is -0.342. The molecular weight excluding hydrogens is 321 g/mol. The predicted molar refractivity (Wildman–Crippen MR) is 69.6 cm³/mol. The van der Waals surface area contributed by atoms with Crippen LogP contribution < -0.4 is 10.5 Å². The summed E-state index contributed by atoms with van der Waals surface area (Å²) >= 11 is 1.99. The summed E-state index contributed by atoms with van der Waals surface area (Å²) in [5.41, 5.74) is -0.126. The first-order chi connectivity index (χ1) is 7.59. The normalized spacial score (nSPS) is 25.8. The fraction of sp³-hybridized carbons (Fsp3) is 0.600. The van der Waals surface area contributed by atoms with Gasteiger partial charge in [-0.15, -0.1) is 0 Å². The van der Waals surface area contributed by atoms with Crippen LogP contribution >= 0.6 is 22.6 Å². The SMILES string of the molecule is CC1CCN(c2nc[nH]c(=O)c2I)CC1O. The zero-order valence-corrected chi connectivity index (χ0v) is 11.1. The molecule has 2 rings (SSSR count). The molecule has 1 aromatic heterocycles. The largest absolute Gasteiger partial charge is 0.391 e. The maximum atomic E-state index is 11.4. The number of aliphatic hydroxyl groups is 1. The molecule has 6 heteroatoms. The molecule has 2 atom stereocenters. The highest BCUT2D eigenvalue weighted by Gasteiger charge is 2.26. The number of nitrogens with one attached hydrogen (secondary N) is 1. The van der Waals surface area contributed by atoms with Crippen molar-refractivity contribution >= 4 is 28.4 Å². The number of halogens is 1. The molecule has 2 N–H and O–H groups in total. The van der Waals surface area contributed by atoms with Gasteiger partial charge >= 0.3 is 0 Å². The molecular formula is C10H14IN3O2. The van der Waals surface area contributed by atoms with E-state index in [-0.39, 0.29) is 11.7 Å². The van der Waals surface area contributed by atoms with E-state index in [1.54, 1.807) is 0 Å². The Morgan fingerprint density at radius 2 is 2.44 bits per heavy atom. The van der Waals surface area contributed by atoms with E-state index < -0.39 is 0 Å². The minimum Gasteiger partial charge on any atom is -0.391 e. The number of β-amino-alcohol motifs (C(OH)–C–C–N with tert-alkyl or cyclic N) is 1. The van der Waals surface area contributed by atoms with Gasteiger partial charge in [0.25, 0.3) is 5.56 Å². The molecule has 0 aliphatic carbocycles. The van der Waals surface area contributed by atoms with Crippen molar-refractivity contribution < 1.29 is 5.11 Å². The number of aromatic nitrogens is 2. The van der Waals surface area contributed by atoms with Crippen molar-refractivity contribution in [2.45, 2.75) is 19.4 Å². The van der Waals surface area contributed by atoms with Gasteiger partial charge in [-0.05, 0) is 34.9 Å². The highest BCUT2D eigenvalue weighted by atomic mass is 127. The lowest BCUT2D eigenvalue weighted by Crippen LogP contribution is -2.44. The summed E-state index contributed by atoms with van der Waals surface area (Å²) in [4.78, 5) is 20.1. The van der Waals surface area contributed by atoms with Gasteiger partial charge in [-0.25, -0.2) is 4.98 Å². The van der Waals surface area contributed by atoms with Gasteiger partial charge in [0.15, 0.2) is 0 Å². The third-order valence-electron chi connectivity index (χ3n) is 3.00. The average Bonchev–Trinajstić information content (AvgIpc) is 2.26. The van der Waals surface area contributed by atoms with Crippen molar-refractivity contribution in [3.8, 4) is 0 Å². The van der Waals surface area contributed by atoms with E-state index in [4.69, 9.17) is 0 Å². The third kappa shape index (κ3) is 2.22. The molecule has 1 fully saturated rings. The Labute approximate surface area is 107 Å². The van der Waals surface area contributed by atoms with E-state index >= 15 is 0 Å². The molecule has 5 nitrogen and oxygen atoms in total. The number of aliphatic hydroxyl groups excluding tert-OH is 1. The second-order valence-corrected chi connectivity index (χ2v) is 5.23. The van der Waals surface area contributed by atoms with Crippen molar-refractivity contribution in [2.75, 3.05) is 18.0 Å². The molecule has 2 unspecified atom stereocenters. The first-order valence-corrected chi connectivity index (χ1v) is 6.33. The van der Waals surface area contributed by atoms with Crippen LogP contribution in [0.1, 0.15) is 13.3 Å². The van der Waals surface area contributed by atoms with Gasteiger partial charge in [-0.3, -0.25) is 4.79 Å². The Balaban J connectivity index is 2.25. The number of anilines is 1. The van der Waals surface area contributed by atoms with Crippen molar-refractivity contribution in [1.82, 2.24) is 9.97 Å². The number of rotatable bonds is 1. The highest BCUT2D eigenvalue weighted by molar-refractivity contribution is 14.1. The summed E-state index contributed by atoms with van der Waals surface area (Å²) in [6, 6.07) is 0. The van der Waals surface area contributed by atoms with Crippen molar-refractivity contribution in [3.05, 3.63) is 20.3 Å². The summed E-state index contributed by atoms with van der Waals surface area (Å²) in [5, 5.41) is 9.81. The summed E-state index contributed by atoms with van der Waals surface area (Å²) in [6.07, 6.45) is 1.99. The number of aromatic amines is 1. The Morgan fingerprint density at radius 1 is 1.69 bits per heavy atom.